The van der Waals surface area contributed by atoms with E-state index >= 15 is 0 Å². The Bertz CT molecular complexity index is 600. The van der Waals surface area contributed by atoms with Crippen molar-refractivity contribution in [3.05, 3.63) is 35.4 Å². The Balaban J connectivity index is 2.46. The lowest BCUT2D eigenvalue weighted by Gasteiger charge is -2.39. The van der Waals surface area contributed by atoms with Gasteiger partial charge in [0.25, 0.3) is 0 Å². The van der Waals surface area contributed by atoms with E-state index in [2.05, 4.69) is 0 Å². The largest absolute Gasteiger partial charge is 0.480 e. The minimum absolute atomic E-state index is 0.0936. The molecular formula is C16H19F2NO4. The van der Waals surface area contributed by atoms with Gasteiger partial charge in [-0.15, -0.1) is 0 Å². The Labute approximate surface area is 132 Å². The van der Waals surface area contributed by atoms with Crippen molar-refractivity contribution in [2.75, 3.05) is 26.3 Å². The van der Waals surface area contributed by atoms with Crippen LogP contribution in [0.3, 0.4) is 0 Å². The quantitative estimate of drug-likeness (QED) is 0.897. The summed E-state index contributed by atoms with van der Waals surface area (Å²) in [5.41, 5.74) is -1.13. The van der Waals surface area contributed by atoms with Crippen molar-refractivity contribution in [3.8, 4) is 0 Å². The molecule has 1 saturated heterocycles. The molecule has 0 atom stereocenters. The average Bonchev–Trinajstić information content (AvgIpc) is 2.52. The molecular weight excluding hydrogens is 308 g/mol. The Morgan fingerprint density at radius 1 is 1.30 bits per heavy atom. The van der Waals surface area contributed by atoms with Gasteiger partial charge in [0.1, 0.15) is 18.2 Å². The van der Waals surface area contributed by atoms with Crippen molar-refractivity contribution in [2.45, 2.75) is 25.2 Å². The van der Waals surface area contributed by atoms with E-state index in [1.165, 1.54) is 11.0 Å². The van der Waals surface area contributed by atoms with Crippen LogP contribution in [-0.4, -0.2) is 48.2 Å². The number of hydrogen-bond donors (Lipinski definition) is 1. The van der Waals surface area contributed by atoms with Crippen LogP contribution >= 0.6 is 0 Å². The van der Waals surface area contributed by atoms with Gasteiger partial charge in [-0.2, -0.15) is 0 Å². The molecule has 1 aliphatic heterocycles. The van der Waals surface area contributed by atoms with E-state index in [1.54, 1.807) is 6.92 Å². The van der Waals surface area contributed by atoms with Gasteiger partial charge in [0.15, 0.2) is 0 Å². The second-order valence-corrected chi connectivity index (χ2v) is 5.53. The highest BCUT2D eigenvalue weighted by molar-refractivity contribution is 5.90. The summed E-state index contributed by atoms with van der Waals surface area (Å²) < 4.78 is 32.8. The monoisotopic (exact) mass is 327 g/mol. The molecule has 0 unspecified atom stereocenters. The molecule has 2 rings (SSSR count). The highest BCUT2D eigenvalue weighted by Crippen LogP contribution is 2.38. The van der Waals surface area contributed by atoms with Gasteiger partial charge < -0.3 is 14.7 Å². The SMILES string of the molecule is CCN(CC(=O)O)C(=O)C1(c2ccc(F)cc2F)CCOCC1. The number of amides is 1. The van der Waals surface area contributed by atoms with E-state index in [0.717, 1.165) is 12.1 Å². The van der Waals surface area contributed by atoms with Crippen LogP contribution < -0.4 is 0 Å². The molecule has 0 aliphatic carbocycles. The minimum Gasteiger partial charge on any atom is -0.480 e. The maximum Gasteiger partial charge on any atom is 0.323 e. The second-order valence-electron chi connectivity index (χ2n) is 5.53. The van der Waals surface area contributed by atoms with E-state index in [-0.39, 0.29) is 38.2 Å². The molecule has 0 aromatic heterocycles. The highest BCUT2D eigenvalue weighted by atomic mass is 19.1. The normalized spacial score (nSPS) is 16.8. The lowest BCUT2D eigenvalue weighted by Crippen LogP contribution is -2.51. The highest BCUT2D eigenvalue weighted by Gasteiger charge is 2.45. The van der Waals surface area contributed by atoms with Gasteiger partial charge in [0.05, 0.1) is 5.41 Å². The summed E-state index contributed by atoms with van der Waals surface area (Å²) in [6, 6.07) is 3.12. The zero-order valence-corrected chi connectivity index (χ0v) is 12.8. The molecule has 0 spiro atoms. The first-order chi connectivity index (χ1) is 10.9. The molecule has 1 N–H and O–H groups in total. The van der Waals surface area contributed by atoms with Crippen LogP contribution in [0.4, 0.5) is 8.78 Å². The van der Waals surface area contributed by atoms with Crippen LogP contribution in [0.2, 0.25) is 0 Å². The fourth-order valence-electron chi connectivity index (χ4n) is 2.99. The molecule has 23 heavy (non-hydrogen) atoms. The van der Waals surface area contributed by atoms with Gasteiger partial charge in [0, 0.05) is 31.4 Å². The smallest absolute Gasteiger partial charge is 0.323 e. The van der Waals surface area contributed by atoms with Gasteiger partial charge in [0.2, 0.25) is 5.91 Å². The predicted molar refractivity (Wildman–Crippen MR) is 78.0 cm³/mol. The zero-order valence-electron chi connectivity index (χ0n) is 12.8. The molecule has 1 aromatic carbocycles. The Morgan fingerprint density at radius 2 is 1.96 bits per heavy atom. The lowest BCUT2D eigenvalue weighted by molar-refractivity contribution is -0.149. The van der Waals surface area contributed by atoms with Crippen molar-refractivity contribution < 1.29 is 28.2 Å². The molecule has 0 radical (unpaired) electrons. The van der Waals surface area contributed by atoms with Crippen molar-refractivity contribution in [3.63, 3.8) is 0 Å². The number of hydrogen-bond acceptors (Lipinski definition) is 3. The van der Waals surface area contributed by atoms with Gasteiger partial charge >= 0.3 is 5.97 Å². The third-order valence-electron chi connectivity index (χ3n) is 4.20. The van der Waals surface area contributed by atoms with Gasteiger partial charge in [-0.25, -0.2) is 8.78 Å². The average molecular weight is 327 g/mol. The van der Waals surface area contributed by atoms with Crippen LogP contribution in [0.15, 0.2) is 18.2 Å². The fourth-order valence-corrected chi connectivity index (χ4v) is 2.99. The molecule has 7 heteroatoms. The molecule has 0 bridgehead atoms. The standard InChI is InChI=1S/C16H19F2NO4/c1-2-19(10-14(20)21)15(22)16(5-7-23-8-6-16)12-4-3-11(17)9-13(12)18/h3-4,9H,2,5-8,10H2,1H3,(H,20,21). The molecule has 1 amide bonds. The summed E-state index contributed by atoms with van der Waals surface area (Å²) in [6.07, 6.45) is 0.453. The van der Waals surface area contributed by atoms with E-state index < -0.39 is 35.5 Å². The number of benzene rings is 1. The summed E-state index contributed by atoms with van der Waals surface area (Å²) >= 11 is 0. The number of halogens is 2. The summed E-state index contributed by atoms with van der Waals surface area (Å²) in [5.74, 6) is -3.12. The molecule has 5 nitrogen and oxygen atoms in total. The predicted octanol–water partition coefficient (Wildman–Crippen LogP) is 1.95. The van der Waals surface area contributed by atoms with Crippen molar-refractivity contribution in [1.29, 1.82) is 0 Å². The maximum atomic E-state index is 14.3. The van der Waals surface area contributed by atoms with Crippen LogP contribution in [-0.2, 0) is 19.7 Å². The van der Waals surface area contributed by atoms with Crippen molar-refractivity contribution in [1.82, 2.24) is 4.90 Å². The van der Waals surface area contributed by atoms with Crippen molar-refractivity contribution >= 4 is 11.9 Å². The Kier molecular flexibility index (Phi) is 5.30. The number of carboxylic acids is 1. The van der Waals surface area contributed by atoms with Gasteiger partial charge in [-0.1, -0.05) is 6.07 Å². The molecule has 1 aromatic rings. The molecule has 1 heterocycles. The maximum absolute atomic E-state index is 14.3. The van der Waals surface area contributed by atoms with Gasteiger partial charge in [-0.3, -0.25) is 9.59 Å². The lowest BCUT2D eigenvalue weighted by atomic mass is 9.72. The fraction of sp³-hybridized carbons (Fsp3) is 0.500. The van der Waals surface area contributed by atoms with Crippen molar-refractivity contribution in [2.24, 2.45) is 0 Å². The number of likely N-dealkylation sites (N-methyl/N-ethyl adjacent to an activating group) is 1. The zero-order chi connectivity index (χ0) is 17.0. The van der Waals surface area contributed by atoms with E-state index in [0.29, 0.717) is 0 Å². The van der Waals surface area contributed by atoms with Crippen LogP contribution in [0, 0.1) is 11.6 Å². The number of carboxylic acid groups (broad SMARTS) is 1. The third kappa shape index (κ3) is 3.50. The minimum atomic E-state index is -1.22. The first kappa shape index (κ1) is 17.3. The number of rotatable bonds is 5. The number of nitrogens with zero attached hydrogens (tertiary/aromatic N) is 1. The summed E-state index contributed by atoms with van der Waals surface area (Å²) in [5, 5.41) is 8.97. The summed E-state index contributed by atoms with van der Waals surface area (Å²) in [4.78, 5) is 25.1. The second kappa shape index (κ2) is 7.04. The van der Waals surface area contributed by atoms with Gasteiger partial charge in [-0.05, 0) is 25.8 Å². The first-order valence-corrected chi connectivity index (χ1v) is 7.45. The van der Waals surface area contributed by atoms with E-state index in [1.807, 2.05) is 0 Å². The van der Waals surface area contributed by atoms with E-state index in [9.17, 15) is 18.4 Å². The third-order valence-corrected chi connectivity index (χ3v) is 4.20. The number of carbonyl (C=O) groups is 2. The molecule has 1 aliphatic rings. The van der Waals surface area contributed by atoms with Crippen LogP contribution in [0.1, 0.15) is 25.3 Å². The van der Waals surface area contributed by atoms with Crippen LogP contribution in [0.5, 0.6) is 0 Å². The van der Waals surface area contributed by atoms with E-state index in [4.69, 9.17) is 9.84 Å². The summed E-state index contributed by atoms with van der Waals surface area (Å²) in [7, 11) is 0. The topological polar surface area (TPSA) is 66.8 Å². The molecule has 0 saturated carbocycles. The number of aliphatic carboxylic acids is 1. The first-order valence-electron chi connectivity index (χ1n) is 7.45. The summed E-state index contributed by atoms with van der Waals surface area (Å²) in [6.45, 7) is 1.91. The number of carbonyl (C=O) groups excluding carboxylic acids is 1. The molecule has 126 valence electrons. The molecule has 1 fully saturated rings. The Hall–Kier alpha value is -2.02. The van der Waals surface area contributed by atoms with Crippen LogP contribution in [0.25, 0.3) is 0 Å². The Morgan fingerprint density at radius 3 is 2.48 bits per heavy atom. The number of ether oxygens (including phenoxy) is 1.